The van der Waals surface area contributed by atoms with Gasteiger partial charge < -0.3 is 9.80 Å². The summed E-state index contributed by atoms with van der Waals surface area (Å²) in [7, 11) is 0. The lowest BCUT2D eigenvalue weighted by atomic mass is 9.94. The van der Waals surface area contributed by atoms with Crippen molar-refractivity contribution in [3.8, 4) is 0 Å². The SMILES string of the molecule is CCN(CC)C(=O)C1CCN(C(=O)c2ccccc2SC(C)C)CC1. The molecule has 138 valence electrons. The summed E-state index contributed by atoms with van der Waals surface area (Å²) < 4.78 is 0. The third kappa shape index (κ3) is 5.00. The quantitative estimate of drug-likeness (QED) is 0.721. The number of hydrogen-bond donors (Lipinski definition) is 0. The van der Waals surface area contributed by atoms with Gasteiger partial charge in [-0.3, -0.25) is 9.59 Å². The standard InChI is InChI=1S/C20H30N2O2S/c1-5-21(6-2)19(23)16-11-13-22(14-12-16)20(24)17-9-7-8-10-18(17)25-15(3)4/h7-10,15-16H,5-6,11-14H2,1-4H3. The number of amides is 2. The number of piperidine rings is 1. The molecule has 0 bridgehead atoms. The van der Waals surface area contributed by atoms with Crippen molar-refractivity contribution in [2.24, 2.45) is 5.92 Å². The molecule has 0 spiro atoms. The molecule has 1 aliphatic rings. The third-order valence-electron chi connectivity index (χ3n) is 4.69. The van der Waals surface area contributed by atoms with Gasteiger partial charge in [0, 0.05) is 42.2 Å². The van der Waals surface area contributed by atoms with Crippen molar-refractivity contribution in [1.82, 2.24) is 9.80 Å². The van der Waals surface area contributed by atoms with Crippen LogP contribution in [0.5, 0.6) is 0 Å². The number of carbonyl (C=O) groups excluding carboxylic acids is 2. The number of carbonyl (C=O) groups is 2. The molecule has 5 heteroatoms. The molecule has 0 radical (unpaired) electrons. The van der Waals surface area contributed by atoms with E-state index in [9.17, 15) is 9.59 Å². The van der Waals surface area contributed by atoms with E-state index in [4.69, 9.17) is 0 Å². The average Bonchev–Trinajstić information content (AvgIpc) is 2.62. The molecule has 1 heterocycles. The summed E-state index contributed by atoms with van der Waals surface area (Å²) in [5.74, 6) is 0.398. The van der Waals surface area contributed by atoms with E-state index in [2.05, 4.69) is 13.8 Å². The van der Waals surface area contributed by atoms with Gasteiger partial charge in [-0.15, -0.1) is 11.8 Å². The minimum atomic E-state index is 0.0595. The summed E-state index contributed by atoms with van der Waals surface area (Å²) >= 11 is 1.72. The number of hydrogen-bond acceptors (Lipinski definition) is 3. The van der Waals surface area contributed by atoms with Crippen molar-refractivity contribution in [3.63, 3.8) is 0 Å². The average molecular weight is 363 g/mol. The second-order valence-electron chi connectivity index (χ2n) is 6.74. The Balaban J connectivity index is 2.01. The van der Waals surface area contributed by atoms with E-state index >= 15 is 0 Å². The van der Waals surface area contributed by atoms with Crippen molar-refractivity contribution < 1.29 is 9.59 Å². The van der Waals surface area contributed by atoms with Crippen LogP contribution in [0.1, 0.15) is 50.9 Å². The van der Waals surface area contributed by atoms with Crippen LogP contribution < -0.4 is 0 Å². The van der Waals surface area contributed by atoms with E-state index < -0.39 is 0 Å². The van der Waals surface area contributed by atoms with Gasteiger partial charge in [0.1, 0.15) is 0 Å². The van der Waals surface area contributed by atoms with Crippen molar-refractivity contribution in [2.75, 3.05) is 26.2 Å². The monoisotopic (exact) mass is 362 g/mol. The molecular formula is C20H30N2O2S. The molecule has 0 aromatic heterocycles. The highest BCUT2D eigenvalue weighted by Gasteiger charge is 2.30. The number of benzene rings is 1. The molecule has 0 atom stereocenters. The van der Waals surface area contributed by atoms with E-state index in [-0.39, 0.29) is 17.7 Å². The van der Waals surface area contributed by atoms with Gasteiger partial charge in [-0.2, -0.15) is 0 Å². The molecule has 25 heavy (non-hydrogen) atoms. The Labute approximate surface area is 156 Å². The van der Waals surface area contributed by atoms with Gasteiger partial charge in [0.25, 0.3) is 5.91 Å². The molecule has 1 fully saturated rings. The van der Waals surface area contributed by atoms with E-state index in [1.54, 1.807) is 11.8 Å². The molecule has 2 rings (SSSR count). The molecule has 4 nitrogen and oxygen atoms in total. The maximum atomic E-state index is 12.9. The zero-order chi connectivity index (χ0) is 18.4. The van der Waals surface area contributed by atoms with E-state index in [0.717, 1.165) is 36.4 Å². The minimum Gasteiger partial charge on any atom is -0.343 e. The fraction of sp³-hybridized carbons (Fsp3) is 0.600. The highest BCUT2D eigenvalue weighted by atomic mass is 32.2. The summed E-state index contributed by atoms with van der Waals surface area (Å²) in [6.45, 7) is 11.1. The molecule has 1 aromatic rings. The molecule has 1 aromatic carbocycles. The number of likely N-dealkylation sites (tertiary alicyclic amines) is 1. The predicted molar refractivity (Wildman–Crippen MR) is 104 cm³/mol. The molecule has 0 unspecified atom stereocenters. The van der Waals surface area contributed by atoms with Gasteiger partial charge in [0.2, 0.25) is 5.91 Å². The van der Waals surface area contributed by atoms with Crippen LogP contribution in [-0.4, -0.2) is 53.0 Å². The van der Waals surface area contributed by atoms with Crippen molar-refractivity contribution in [3.05, 3.63) is 29.8 Å². The number of thioether (sulfide) groups is 1. The van der Waals surface area contributed by atoms with Crippen molar-refractivity contribution >= 4 is 23.6 Å². The van der Waals surface area contributed by atoms with Gasteiger partial charge >= 0.3 is 0 Å². The normalized spacial score (nSPS) is 15.5. The second kappa shape index (κ2) is 9.27. The molecule has 0 N–H and O–H groups in total. The van der Waals surface area contributed by atoms with Gasteiger partial charge in [-0.1, -0.05) is 26.0 Å². The maximum Gasteiger partial charge on any atom is 0.254 e. The highest BCUT2D eigenvalue weighted by Crippen LogP contribution is 2.29. The summed E-state index contributed by atoms with van der Waals surface area (Å²) in [5, 5.41) is 0.436. The van der Waals surface area contributed by atoms with E-state index in [0.29, 0.717) is 18.3 Å². The molecule has 0 saturated carbocycles. The lowest BCUT2D eigenvalue weighted by Gasteiger charge is -2.34. The van der Waals surface area contributed by atoms with Crippen LogP contribution >= 0.6 is 11.8 Å². The van der Waals surface area contributed by atoms with Crippen LogP contribution in [-0.2, 0) is 4.79 Å². The van der Waals surface area contributed by atoms with E-state index in [1.807, 2.05) is 47.9 Å². The predicted octanol–water partition coefficient (Wildman–Crippen LogP) is 3.91. The first-order valence-corrected chi connectivity index (χ1v) is 10.2. The Hall–Kier alpha value is -1.49. The molecular weight excluding hydrogens is 332 g/mol. The molecule has 0 aliphatic carbocycles. The Morgan fingerprint density at radius 3 is 2.32 bits per heavy atom. The largest absolute Gasteiger partial charge is 0.343 e. The second-order valence-corrected chi connectivity index (χ2v) is 8.36. The summed E-state index contributed by atoms with van der Waals surface area (Å²) in [5.41, 5.74) is 0.787. The van der Waals surface area contributed by atoms with Gasteiger partial charge in [-0.05, 0) is 38.8 Å². The van der Waals surface area contributed by atoms with Gasteiger partial charge in [0.15, 0.2) is 0 Å². The first-order chi connectivity index (χ1) is 12.0. The molecule has 1 aliphatic heterocycles. The van der Waals surface area contributed by atoms with Crippen LogP contribution in [0.4, 0.5) is 0 Å². The Bertz CT molecular complexity index is 591. The summed E-state index contributed by atoms with van der Waals surface area (Å²) in [6.07, 6.45) is 1.53. The fourth-order valence-corrected chi connectivity index (χ4v) is 4.24. The number of rotatable bonds is 6. The first kappa shape index (κ1) is 19.8. The van der Waals surface area contributed by atoms with Crippen LogP contribution in [0.25, 0.3) is 0 Å². The zero-order valence-electron chi connectivity index (χ0n) is 15.8. The number of nitrogens with zero attached hydrogens (tertiary/aromatic N) is 2. The summed E-state index contributed by atoms with van der Waals surface area (Å²) in [6, 6.07) is 7.85. The smallest absolute Gasteiger partial charge is 0.254 e. The van der Waals surface area contributed by atoms with Crippen LogP contribution in [0, 0.1) is 5.92 Å². The Morgan fingerprint density at radius 2 is 1.76 bits per heavy atom. The van der Waals surface area contributed by atoms with Crippen LogP contribution in [0.2, 0.25) is 0 Å². The van der Waals surface area contributed by atoms with E-state index in [1.165, 1.54) is 0 Å². The molecule has 1 saturated heterocycles. The first-order valence-electron chi connectivity index (χ1n) is 9.31. The zero-order valence-corrected chi connectivity index (χ0v) is 16.6. The lowest BCUT2D eigenvalue weighted by molar-refractivity contribution is -0.136. The highest BCUT2D eigenvalue weighted by molar-refractivity contribution is 8.00. The lowest BCUT2D eigenvalue weighted by Crippen LogP contribution is -2.44. The molecule has 2 amide bonds. The van der Waals surface area contributed by atoms with Gasteiger partial charge in [0.05, 0.1) is 5.56 Å². The maximum absolute atomic E-state index is 12.9. The fourth-order valence-electron chi connectivity index (χ4n) is 3.29. The Morgan fingerprint density at radius 1 is 1.16 bits per heavy atom. The van der Waals surface area contributed by atoms with Gasteiger partial charge in [-0.25, -0.2) is 0 Å². The van der Waals surface area contributed by atoms with Crippen molar-refractivity contribution in [1.29, 1.82) is 0 Å². The topological polar surface area (TPSA) is 40.6 Å². The van der Waals surface area contributed by atoms with Crippen LogP contribution in [0.3, 0.4) is 0 Å². The van der Waals surface area contributed by atoms with Crippen molar-refractivity contribution in [2.45, 2.75) is 50.7 Å². The minimum absolute atomic E-state index is 0.0595. The Kier molecular flexibility index (Phi) is 7.36. The van der Waals surface area contributed by atoms with Crippen LogP contribution in [0.15, 0.2) is 29.2 Å². The summed E-state index contributed by atoms with van der Waals surface area (Å²) in [4.78, 5) is 30.3. The third-order valence-corrected chi connectivity index (χ3v) is 5.77.